The summed E-state index contributed by atoms with van der Waals surface area (Å²) < 4.78 is 4.63. The number of nitrogens with two attached hydrogens (primary N) is 1. The van der Waals surface area contributed by atoms with E-state index in [0.717, 1.165) is 0 Å². The predicted molar refractivity (Wildman–Crippen MR) is 60.8 cm³/mol. The molecular formula is C10H18N4O2. The van der Waals surface area contributed by atoms with Gasteiger partial charge in [-0.05, 0) is 11.1 Å². The molecule has 1 atom stereocenters. The molecule has 1 heterocycles. The molecule has 0 saturated carbocycles. The molecular weight excluding hydrogens is 208 g/mol. The van der Waals surface area contributed by atoms with Crippen molar-refractivity contribution in [3.05, 3.63) is 0 Å². The highest BCUT2D eigenvalue weighted by molar-refractivity contribution is 5.88. The van der Waals surface area contributed by atoms with Crippen molar-refractivity contribution in [3.63, 3.8) is 0 Å². The SMILES string of the molecule is CC(C)C(=O)C(Nc1noc(N)n1)C(C)C. The molecule has 1 rings (SSSR count). The molecule has 0 radical (unpaired) electrons. The molecule has 0 spiro atoms. The lowest BCUT2D eigenvalue weighted by atomic mass is 9.93. The van der Waals surface area contributed by atoms with Crippen LogP contribution in [0, 0.1) is 11.8 Å². The summed E-state index contributed by atoms with van der Waals surface area (Å²) in [7, 11) is 0. The van der Waals surface area contributed by atoms with Crippen molar-refractivity contribution in [2.45, 2.75) is 33.7 Å². The molecule has 0 fully saturated rings. The van der Waals surface area contributed by atoms with Gasteiger partial charge in [0.05, 0.1) is 6.04 Å². The van der Waals surface area contributed by atoms with E-state index in [2.05, 4.69) is 20.0 Å². The molecule has 0 aliphatic heterocycles. The Morgan fingerprint density at radius 3 is 2.38 bits per heavy atom. The van der Waals surface area contributed by atoms with Crippen molar-refractivity contribution in [1.29, 1.82) is 0 Å². The fourth-order valence-electron chi connectivity index (χ4n) is 1.36. The van der Waals surface area contributed by atoms with E-state index in [9.17, 15) is 4.79 Å². The Balaban J connectivity index is 2.76. The third kappa shape index (κ3) is 2.95. The highest BCUT2D eigenvalue weighted by atomic mass is 16.5. The number of ketones is 1. The molecule has 1 aromatic heterocycles. The minimum absolute atomic E-state index is 0.0120. The first-order valence-electron chi connectivity index (χ1n) is 5.31. The van der Waals surface area contributed by atoms with E-state index in [-0.39, 0.29) is 35.6 Å². The molecule has 1 aromatic rings. The predicted octanol–water partition coefficient (Wildman–Crippen LogP) is 1.31. The van der Waals surface area contributed by atoms with Crippen LogP contribution in [0.3, 0.4) is 0 Å². The molecule has 0 amide bonds. The van der Waals surface area contributed by atoms with Crippen LogP contribution in [0.15, 0.2) is 4.52 Å². The van der Waals surface area contributed by atoms with E-state index in [1.165, 1.54) is 0 Å². The number of carbonyl (C=O) groups is 1. The zero-order valence-electron chi connectivity index (χ0n) is 10.0. The van der Waals surface area contributed by atoms with Crippen LogP contribution in [0.5, 0.6) is 0 Å². The Morgan fingerprint density at radius 2 is 2.00 bits per heavy atom. The first-order chi connectivity index (χ1) is 7.41. The molecule has 90 valence electrons. The monoisotopic (exact) mass is 226 g/mol. The number of nitrogen functional groups attached to an aromatic ring is 1. The summed E-state index contributed by atoms with van der Waals surface area (Å²) in [6.45, 7) is 7.65. The Labute approximate surface area is 94.6 Å². The second kappa shape index (κ2) is 4.96. The van der Waals surface area contributed by atoms with Gasteiger partial charge in [0.25, 0.3) is 5.95 Å². The van der Waals surface area contributed by atoms with Gasteiger partial charge in [0.15, 0.2) is 5.78 Å². The number of carbonyl (C=O) groups excluding carboxylic acids is 1. The van der Waals surface area contributed by atoms with Gasteiger partial charge in [0, 0.05) is 5.92 Å². The largest absolute Gasteiger partial charge is 0.351 e. The quantitative estimate of drug-likeness (QED) is 0.786. The number of nitrogens with one attached hydrogen (secondary N) is 1. The lowest BCUT2D eigenvalue weighted by molar-refractivity contribution is -0.123. The highest BCUT2D eigenvalue weighted by Crippen LogP contribution is 2.14. The maximum atomic E-state index is 11.9. The number of nitrogens with zero attached hydrogens (tertiary/aromatic N) is 2. The minimum Gasteiger partial charge on any atom is -0.351 e. The van der Waals surface area contributed by atoms with Gasteiger partial charge in [0.1, 0.15) is 0 Å². The molecule has 6 heteroatoms. The summed E-state index contributed by atoms with van der Waals surface area (Å²) in [5.41, 5.74) is 5.30. The molecule has 0 bridgehead atoms. The van der Waals surface area contributed by atoms with Crippen molar-refractivity contribution in [1.82, 2.24) is 10.1 Å². The van der Waals surface area contributed by atoms with Crippen molar-refractivity contribution in [2.24, 2.45) is 11.8 Å². The van der Waals surface area contributed by atoms with E-state index in [1.54, 1.807) is 0 Å². The van der Waals surface area contributed by atoms with Gasteiger partial charge in [-0.15, -0.1) is 0 Å². The summed E-state index contributed by atoms with van der Waals surface area (Å²) in [6.07, 6.45) is 0. The van der Waals surface area contributed by atoms with E-state index in [0.29, 0.717) is 0 Å². The highest BCUT2D eigenvalue weighted by Gasteiger charge is 2.25. The smallest absolute Gasteiger partial charge is 0.320 e. The van der Waals surface area contributed by atoms with Gasteiger partial charge in [-0.25, -0.2) is 0 Å². The van der Waals surface area contributed by atoms with Crippen LogP contribution in [-0.2, 0) is 4.79 Å². The van der Waals surface area contributed by atoms with Gasteiger partial charge in [-0.1, -0.05) is 27.7 Å². The van der Waals surface area contributed by atoms with E-state index < -0.39 is 0 Å². The van der Waals surface area contributed by atoms with Gasteiger partial charge in [0.2, 0.25) is 0 Å². The topological polar surface area (TPSA) is 94.0 Å². The van der Waals surface area contributed by atoms with Crippen LogP contribution in [0.1, 0.15) is 27.7 Å². The number of Topliss-reactive ketones (excluding diaryl/α,β-unsaturated/α-hetero) is 1. The number of aromatic nitrogens is 2. The molecule has 0 aliphatic rings. The van der Waals surface area contributed by atoms with Gasteiger partial charge >= 0.3 is 6.01 Å². The van der Waals surface area contributed by atoms with Gasteiger partial charge in [-0.2, -0.15) is 4.98 Å². The summed E-state index contributed by atoms with van der Waals surface area (Å²) >= 11 is 0. The van der Waals surface area contributed by atoms with Crippen molar-refractivity contribution < 1.29 is 9.32 Å². The lowest BCUT2D eigenvalue weighted by Gasteiger charge is -2.21. The third-order valence-corrected chi connectivity index (χ3v) is 2.27. The van der Waals surface area contributed by atoms with Crippen molar-refractivity contribution in [2.75, 3.05) is 11.1 Å². The summed E-state index contributed by atoms with van der Waals surface area (Å²) in [4.78, 5) is 15.7. The summed E-state index contributed by atoms with van der Waals surface area (Å²) in [6, 6.07) is -0.334. The molecule has 0 aromatic carbocycles. The van der Waals surface area contributed by atoms with Gasteiger partial charge in [-0.3, -0.25) is 4.79 Å². The van der Waals surface area contributed by atoms with Crippen LogP contribution < -0.4 is 11.1 Å². The first kappa shape index (κ1) is 12.5. The zero-order valence-corrected chi connectivity index (χ0v) is 10.0. The van der Waals surface area contributed by atoms with E-state index >= 15 is 0 Å². The average molecular weight is 226 g/mol. The second-order valence-electron chi connectivity index (χ2n) is 4.38. The standard InChI is InChI=1S/C10H18N4O2/c1-5(2)7(8(15)6(3)4)12-10-13-9(11)16-14-10/h5-7H,1-4H3,(H3,11,12,13,14). The van der Waals surface area contributed by atoms with Crippen LogP contribution >= 0.6 is 0 Å². The third-order valence-electron chi connectivity index (χ3n) is 2.27. The zero-order chi connectivity index (χ0) is 12.3. The molecule has 0 aliphatic carbocycles. The minimum atomic E-state index is -0.322. The van der Waals surface area contributed by atoms with E-state index in [4.69, 9.17) is 5.73 Å². The van der Waals surface area contributed by atoms with E-state index in [1.807, 2.05) is 27.7 Å². The Hall–Kier alpha value is -1.59. The van der Waals surface area contributed by atoms with Crippen molar-refractivity contribution in [3.8, 4) is 0 Å². The lowest BCUT2D eigenvalue weighted by Crippen LogP contribution is -2.37. The normalized spacial score (nSPS) is 13.1. The molecule has 0 saturated heterocycles. The fraction of sp³-hybridized carbons (Fsp3) is 0.700. The molecule has 3 N–H and O–H groups in total. The Morgan fingerprint density at radius 1 is 1.38 bits per heavy atom. The second-order valence-corrected chi connectivity index (χ2v) is 4.38. The maximum absolute atomic E-state index is 11.9. The molecule has 6 nitrogen and oxygen atoms in total. The number of anilines is 2. The fourth-order valence-corrected chi connectivity index (χ4v) is 1.36. The average Bonchev–Trinajstić information content (AvgIpc) is 2.59. The van der Waals surface area contributed by atoms with Crippen LogP contribution in [0.25, 0.3) is 0 Å². The molecule has 1 unspecified atom stereocenters. The number of hydrogen-bond donors (Lipinski definition) is 2. The van der Waals surface area contributed by atoms with Crippen LogP contribution in [0.4, 0.5) is 12.0 Å². The van der Waals surface area contributed by atoms with Crippen molar-refractivity contribution >= 4 is 17.7 Å². The molecule has 16 heavy (non-hydrogen) atoms. The summed E-state index contributed by atoms with van der Waals surface area (Å²) in [5.74, 6) is 0.488. The number of hydrogen-bond acceptors (Lipinski definition) is 6. The summed E-state index contributed by atoms with van der Waals surface area (Å²) in [5, 5.41) is 6.54. The maximum Gasteiger partial charge on any atom is 0.320 e. The van der Waals surface area contributed by atoms with Gasteiger partial charge < -0.3 is 15.6 Å². The Bertz CT molecular complexity index is 359. The van der Waals surface area contributed by atoms with Crippen LogP contribution in [-0.4, -0.2) is 22.0 Å². The number of rotatable bonds is 5. The van der Waals surface area contributed by atoms with Crippen LogP contribution in [0.2, 0.25) is 0 Å². The first-order valence-corrected chi connectivity index (χ1v) is 5.31. The Kier molecular flexibility index (Phi) is 3.87.